The Balaban J connectivity index is 1.91. The van der Waals surface area contributed by atoms with Gasteiger partial charge < -0.3 is 9.47 Å². The maximum atomic E-state index is 5.73. The number of halogens is 1. The van der Waals surface area contributed by atoms with Crippen LogP contribution in [0.5, 0.6) is 5.88 Å². The summed E-state index contributed by atoms with van der Waals surface area (Å²) in [7, 11) is 0. The molecular formula is C12H17BrN2O2. The van der Waals surface area contributed by atoms with Crippen molar-refractivity contribution in [3.05, 3.63) is 16.5 Å². The number of aryl methyl sites for hydroxylation is 1. The molecule has 0 bridgehead atoms. The number of rotatable bonds is 4. The van der Waals surface area contributed by atoms with Crippen LogP contribution in [0.2, 0.25) is 0 Å². The van der Waals surface area contributed by atoms with E-state index in [0.29, 0.717) is 11.8 Å². The van der Waals surface area contributed by atoms with E-state index in [4.69, 9.17) is 9.47 Å². The minimum absolute atomic E-state index is 0.586. The van der Waals surface area contributed by atoms with Crippen LogP contribution in [0.3, 0.4) is 0 Å². The van der Waals surface area contributed by atoms with Gasteiger partial charge in [0.25, 0.3) is 0 Å². The zero-order valence-electron chi connectivity index (χ0n) is 9.99. The van der Waals surface area contributed by atoms with Gasteiger partial charge in [0.2, 0.25) is 5.88 Å². The summed E-state index contributed by atoms with van der Waals surface area (Å²) in [6.07, 6.45) is 2.97. The van der Waals surface area contributed by atoms with Crippen LogP contribution in [0.15, 0.2) is 10.7 Å². The lowest BCUT2D eigenvalue weighted by atomic mass is 10.0. The summed E-state index contributed by atoms with van der Waals surface area (Å²) in [4.78, 5) is 8.59. The third-order valence-electron chi connectivity index (χ3n) is 2.84. The minimum atomic E-state index is 0.586. The van der Waals surface area contributed by atoms with E-state index in [1.165, 1.54) is 0 Å². The van der Waals surface area contributed by atoms with Gasteiger partial charge in [0, 0.05) is 25.7 Å². The predicted octanol–water partition coefficient (Wildman–Crippen LogP) is 2.61. The number of ether oxygens (including phenoxy) is 2. The van der Waals surface area contributed by atoms with Crippen LogP contribution in [0.1, 0.15) is 25.6 Å². The molecule has 0 unspecified atom stereocenters. The number of nitrogens with zero attached hydrogens (tertiary/aromatic N) is 2. The van der Waals surface area contributed by atoms with E-state index in [1.807, 2.05) is 13.0 Å². The molecule has 1 aliphatic rings. The highest BCUT2D eigenvalue weighted by molar-refractivity contribution is 9.10. The SMILES string of the molecule is CCc1nc(Br)cc(OCC2CCOCC2)n1. The van der Waals surface area contributed by atoms with Crippen molar-refractivity contribution in [2.24, 2.45) is 5.92 Å². The molecule has 0 amide bonds. The second-order valence-corrected chi connectivity index (χ2v) is 4.98. The maximum Gasteiger partial charge on any atom is 0.217 e. The average Bonchev–Trinajstić information content (AvgIpc) is 2.37. The Kier molecular flexibility index (Phi) is 4.74. The normalized spacial score (nSPS) is 17.1. The molecule has 5 heteroatoms. The Morgan fingerprint density at radius 1 is 1.41 bits per heavy atom. The summed E-state index contributed by atoms with van der Waals surface area (Å²) in [6.45, 7) is 4.45. The van der Waals surface area contributed by atoms with Gasteiger partial charge >= 0.3 is 0 Å². The molecule has 0 saturated carbocycles. The molecule has 0 aliphatic carbocycles. The lowest BCUT2D eigenvalue weighted by Gasteiger charge is -2.21. The molecule has 0 aromatic carbocycles. The van der Waals surface area contributed by atoms with Crippen molar-refractivity contribution >= 4 is 15.9 Å². The fourth-order valence-corrected chi connectivity index (χ4v) is 2.19. The number of hydrogen-bond donors (Lipinski definition) is 0. The van der Waals surface area contributed by atoms with E-state index in [9.17, 15) is 0 Å². The van der Waals surface area contributed by atoms with Crippen LogP contribution in [0.25, 0.3) is 0 Å². The minimum Gasteiger partial charge on any atom is -0.477 e. The Morgan fingerprint density at radius 2 is 2.18 bits per heavy atom. The molecule has 2 heterocycles. The molecule has 2 rings (SSSR count). The van der Waals surface area contributed by atoms with Crippen molar-refractivity contribution < 1.29 is 9.47 Å². The topological polar surface area (TPSA) is 44.2 Å². The lowest BCUT2D eigenvalue weighted by Crippen LogP contribution is -2.21. The third-order valence-corrected chi connectivity index (χ3v) is 3.25. The molecule has 1 fully saturated rings. The Hall–Kier alpha value is -0.680. The number of hydrogen-bond acceptors (Lipinski definition) is 4. The highest BCUT2D eigenvalue weighted by Crippen LogP contribution is 2.19. The van der Waals surface area contributed by atoms with Gasteiger partial charge in [0.05, 0.1) is 6.61 Å². The fourth-order valence-electron chi connectivity index (χ4n) is 1.79. The van der Waals surface area contributed by atoms with Crippen LogP contribution in [0.4, 0.5) is 0 Å². The largest absolute Gasteiger partial charge is 0.477 e. The Bertz CT molecular complexity index is 368. The molecule has 0 radical (unpaired) electrons. The molecule has 1 aromatic heterocycles. The molecule has 1 aromatic rings. The summed E-state index contributed by atoms with van der Waals surface area (Å²) in [5.74, 6) is 2.05. The predicted molar refractivity (Wildman–Crippen MR) is 68.1 cm³/mol. The number of aromatic nitrogens is 2. The molecular weight excluding hydrogens is 284 g/mol. The molecule has 1 aliphatic heterocycles. The summed E-state index contributed by atoms with van der Waals surface area (Å²) in [5.41, 5.74) is 0. The van der Waals surface area contributed by atoms with Gasteiger partial charge in [-0.2, -0.15) is 4.98 Å². The second kappa shape index (κ2) is 6.31. The third kappa shape index (κ3) is 3.92. The van der Waals surface area contributed by atoms with Crippen molar-refractivity contribution in [2.45, 2.75) is 26.2 Å². The Morgan fingerprint density at radius 3 is 2.88 bits per heavy atom. The van der Waals surface area contributed by atoms with E-state index >= 15 is 0 Å². The molecule has 0 spiro atoms. The summed E-state index contributed by atoms with van der Waals surface area (Å²) in [5, 5.41) is 0. The standard InChI is InChI=1S/C12H17BrN2O2/c1-2-11-14-10(13)7-12(15-11)17-8-9-3-5-16-6-4-9/h7,9H,2-6,8H2,1H3. The van der Waals surface area contributed by atoms with Gasteiger partial charge in [-0.1, -0.05) is 6.92 Å². The first-order valence-corrected chi connectivity index (χ1v) is 6.81. The smallest absolute Gasteiger partial charge is 0.217 e. The molecule has 17 heavy (non-hydrogen) atoms. The van der Waals surface area contributed by atoms with Crippen LogP contribution in [-0.4, -0.2) is 29.8 Å². The van der Waals surface area contributed by atoms with E-state index in [1.54, 1.807) is 0 Å². The zero-order chi connectivity index (χ0) is 12.1. The first kappa shape index (κ1) is 12.8. The Labute approximate surface area is 110 Å². The van der Waals surface area contributed by atoms with Gasteiger partial charge in [-0.25, -0.2) is 4.98 Å². The summed E-state index contributed by atoms with van der Waals surface area (Å²) < 4.78 is 11.8. The van der Waals surface area contributed by atoms with E-state index in [-0.39, 0.29) is 0 Å². The maximum absolute atomic E-state index is 5.73. The van der Waals surface area contributed by atoms with Crippen LogP contribution < -0.4 is 4.74 Å². The molecule has 0 N–H and O–H groups in total. The first-order chi connectivity index (χ1) is 8.28. The van der Waals surface area contributed by atoms with Gasteiger partial charge in [-0.05, 0) is 34.7 Å². The van der Waals surface area contributed by atoms with Crippen molar-refractivity contribution in [3.8, 4) is 5.88 Å². The van der Waals surface area contributed by atoms with E-state index < -0.39 is 0 Å². The van der Waals surface area contributed by atoms with Crippen LogP contribution in [0, 0.1) is 5.92 Å². The van der Waals surface area contributed by atoms with Gasteiger partial charge in [0.1, 0.15) is 10.4 Å². The molecule has 0 atom stereocenters. The highest BCUT2D eigenvalue weighted by Gasteiger charge is 2.15. The summed E-state index contributed by atoms with van der Waals surface area (Å²) in [6, 6.07) is 1.82. The first-order valence-electron chi connectivity index (χ1n) is 6.02. The van der Waals surface area contributed by atoms with E-state index in [0.717, 1.165) is 49.5 Å². The quantitative estimate of drug-likeness (QED) is 0.802. The van der Waals surface area contributed by atoms with Gasteiger partial charge in [0.15, 0.2) is 0 Å². The average molecular weight is 301 g/mol. The molecule has 94 valence electrons. The second-order valence-electron chi connectivity index (χ2n) is 4.17. The monoisotopic (exact) mass is 300 g/mol. The summed E-state index contributed by atoms with van der Waals surface area (Å²) >= 11 is 3.37. The lowest BCUT2D eigenvalue weighted by molar-refractivity contribution is 0.0489. The van der Waals surface area contributed by atoms with Crippen molar-refractivity contribution in [1.29, 1.82) is 0 Å². The van der Waals surface area contributed by atoms with Crippen LogP contribution >= 0.6 is 15.9 Å². The highest BCUT2D eigenvalue weighted by atomic mass is 79.9. The van der Waals surface area contributed by atoms with Crippen molar-refractivity contribution in [3.63, 3.8) is 0 Å². The van der Waals surface area contributed by atoms with Crippen LogP contribution in [-0.2, 0) is 11.2 Å². The van der Waals surface area contributed by atoms with E-state index in [2.05, 4.69) is 25.9 Å². The van der Waals surface area contributed by atoms with Crippen molar-refractivity contribution in [1.82, 2.24) is 9.97 Å². The fraction of sp³-hybridized carbons (Fsp3) is 0.667. The molecule has 4 nitrogen and oxygen atoms in total. The zero-order valence-corrected chi connectivity index (χ0v) is 11.6. The molecule has 1 saturated heterocycles. The van der Waals surface area contributed by atoms with Crippen molar-refractivity contribution in [2.75, 3.05) is 19.8 Å². The van der Waals surface area contributed by atoms with Gasteiger partial charge in [-0.15, -0.1) is 0 Å². The van der Waals surface area contributed by atoms with Gasteiger partial charge in [-0.3, -0.25) is 0 Å².